The van der Waals surface area contributed by atoms with Crippen LogP contribution in [0.1, 0.15) is 48.4 Å². The van der Waals surface area contributed by atoms with E-state index in [9.17, 15) is 14.4 Å². The highest BCUT2D eigenvalue weighted by Crippen LogP contribution is 2.28. The molecule has 4 aromatic rings. The fourth-order valence-corrected chi connectivity index (χ4v) is 4.73. The van der Waals surface area contributed by atoms with E-state index in [1.807, 2.05) is 54.7 Å². The van der Waals surface area contributed by atoms with Crippen molar-refractivity contribution in [2.75, 3.05) is 4.90 Å². The molecule has 2 heterocycles. The van der Waals surface area contributed by atoms with Gasteiger partial charge >= 0.3 is 6.03 Å². The lowest BCUT2D eigenvalue weighted by molar-refractivity contribution is -0.122. The van der Waals surface area contributed by atoms with Crippen molar-refractivity contribution < 1.29 is 14.4 Å². The maximum atomic E-state index is 13.5. The second-order valence-corrected chi connectivity index (χ2v) is 9.51. The van der Waals surface area contributed by atoms with Crippen LogP contribution in [0.2, 0.25) is 0 Å². The van der Waals surface area contributed by atoms with Crippen LogP contribution < -0.4 is 10.2 Å². The third kappa shape index (κ3) is 4.58. The number of anilines is 1. The van der Waals surface area contributed by atoms with Crippen LogP contribution in [0.4, 0.5) is 10.5 Å². The SMILES string of the molecule is CCC(C)c1ccc(N2C(=O)NC(=O)/C(=C\c3cn(Cc4ccccc4C)c4ccccc34)C2=O)cc1. The predicted octanol–water partition coefficient (Wildman–Crippen LogP) is 6.18. The fraction of sp³-hybridized carbons (Fsp3) is 0.194. The van der Waals surface area contributed by atoms with E-state index in [2.05, 4.69) is 42.8 Å². The number of carbonyl (C=O) groups is 3. The van der Waals surface area contributed by atoms with E-state index in [0.717, 1.165) is 33.4 Å². The van der Waals surface area contributed by atoms with E-state index < -0.39 is 17.8 Å². The van der Waals surface area contributed by atoms with E-state index in [0.29, 0.717) is 18.2 Å². The maximum absolute atomic E-state index is 13.5. The topological polar surface area (TPSA) is 71.4 Å². The van der Waals surface area contributed by atoms with Gasteiger partial charge in [-0.05, 0) is 60.2 Å². The average Bonchev–Trinajstić information content (AvgIpc) is 3.25. The number of aryl methyl sites for hydroxylation is 1. The van der Waals surface area contributed by atoms with Crippen molar-refractivity contribution in [3.8, 4) is 0 Å². The quantitative estimate of drug-likeness (QED) is 0.259. The number of benzene rings is 3. The summed E-state index contributed by atoms with van der Waals surface area (Å²) in [6, 6.07) is 22.7. The summed E-state index contributed by atoms with van der Waals surface area (Å²) in [6.45, 7) is 6.98. The van der Waals surface area contributed by atoms with Crippen LogP contribution in [0.25, 0.3) is 17.0 Å². The first-order valence-corrected chi connectivity index (χ1v) is 12.5. The number of hydrogen-bond donors (Lipinski definition) is 1. The fourth-order valence-electron chi connectivity index (χ4n) is 4.73. The minimum atomic E-state index is -0.745. The first-order valence-electron chi connectivity index (χ1n) is 12.5. The summed E-state index contributed by atoms with van der Waals surface area (Å²) < 4.78 is 2.12. The highest BCUT2D eigenvalue weighted by molar-refractivity contribution is 6.39. The number of amides is 4. The van der Waals surface area contributed by atoms with Gasteiger partial charge in [0.25, 0.3) is 11.8 Å². The zero-order valence-electron chi connectivity index (χ0n) is 21.2. The van der Waals surface area contributed by atoms with Crippen molar-refractivity contribution in [1.82, 2.24) is 9.88 Å². The molecular formula is C31H29N3O3. The number of aromatic nitrogens is 1. The molecule has 1 saturated heterocycles. The molecule has 37 heavy (non-hydrogen) atoms. The van der Waals surface area contributed by atoms with E-state index in [1.54, 1.807) is 18.2 Å². The lowest BCUT2D eigenvalue weighted by atomic mass is 9.98. The number of nitrogens with one attached hydrogen (secondary N) is 1. The van der Waals surface area contributed by atoms with Gasteiger partial charge in [-0.2, -0.15) is 0 Å². The van der Waals surface area contributed by atoms with E-state index in [1.165, 1.54) is 11.1 Å². The van der Waals surface area contributed by atoms with Gasteiger partial charge in [0.2, 0.25) is 0 Å². The molecule has 0 aliphatic carbocycles. The third-order valence-corrected chi connectivity index (χ3v) is 7.16. The molecule has 6 nitrogen and oxygen atoms in total. The largest absolute Gasteiger partial charge is 0.342 e. The Morgan fingerprint density at radius 2 is 1.62 bits per heavy atom. The van der Waals surface area contributed by atoms with E-state index in [4.69, 9.17) is 0 Å². The number of rotatable bonds is 6. The molecule has 0 bridgehead atoms. The van der Waals surface area contributed by atoms with Crippen LogP contribution >= 0.6 is 0 Å². The zero-order chi connectivity index (χ0) is 26.1. The Kier molecular flexibility index (Phi) is 6.49. The Morgan fingerprint density at radius 3 is 2.35 bits per heavy atom. The van der Waals surface area contributed by atoms with Crippen LogP contribution in [0.15, 0.2) is 84.6 Å². The van der Waals surface area contributed by atoms with Crippen molar-refractivity contribution in [3.05, 3.63) is 107 Å². The normalized spacial score (nSPS) is 15.9. The molecule has 1 atom stereocenters. The zero-order valence-corrected chi connectivity index (χ0v) is 21.2. The second kappa shape index (κ2) is 9.90. The smallest absolute Gasteiger partial charge is 0.335 e. The summed E-state index contributed by atoms with van der Waals surface area (Å²) in [5.74, 6) is -0.965. The van der Waals surface area contributed by atoms with Gasteiger partial charge < -0.3 is 4.57 Å². The number of carbonyl (C=O) groups excluding carboxylic acids is 3. The number of hydrogen-bond acceptors (Lipinski definition) is 3. The van der Waals surface area contributed by atoms with Crippen LogP contribution in [-0.4, -0.2) is 22.4 Å². The predicted molar refractivity (Wildman–Crippen MR) is 146 cm³/mol. The van der Waals surface area contributed by atoms with E-state index >= 15 is 0 Å². The summed E-state index contributed by atoms with van der Waals surface area (Å²) in [6.07, 6.45) is 4.52. The van der Waals surface area contributed by atoms with Gasteiger partial charge in [0, 0.05) is 29.2 Å². The van der Waals surface area contributed by atoms with Crippen molar-refractivity contribution in [2.24, 2.45) is 0 Å². The molecule has 1 aliphatic heterocycles. The van der Waals surface area contributed by atoms with Crippen LogP contribution in [0, 0.1) is 6.92 Å². The minimum Gasteiger partial charge on any atom is -0.342 e. The molecule has 1 unspecified atom stereocenters. The molecule has 1 aromatic heterocycles. The standard InChI is InChI=1S/C31H29N3O3/c1-4-20(2)22-13-15-25(16-14-22)34-30(36)27(29(35)32-31(34)37)17-24-19-33(28-12-8-7-11-26(24)28)18-23-10-6-5-9-21(23)3/h5-17,19-20H,4,18H2,1-3H3,(H,32,35,37)/b27-17+. The molecule has 3 aromatic carbocycles. The molecule has 0 radical (unpaired) electrons. The van der Waals surface area contributed by atoms with Crippen LogP contribution in [0.3, 0.4) is 0 Å². The molecule has 1 aliphatic rings. The van der Waals surface area contributed by atoms with Crippen LogP contribution in [-0.2, 0) is 16.1 Å². The Morgan fingerprint density at radius 1 is 0.919 bits per heavy atom. The Labute approximate surface area is 216 Å². The first kappa shape index (κ1) is 24.3. The number of para-hydroxylation sites is 1. The van der Waals surface area contributed by atoms with Gasteiger partial charge in [0.15, 0.2) is 0 Å². The highest BCUT2D eigenvalue weighted by atomic mass is 16.2. The summed E-state index contributed by atoms with van der Waals surface area (Å²) in [5.41, 5.74) is 5.59. The third-order valence-electron chi connectivity index (χ3n) is 7.16. The van der Waals surface area contributed by atoms with Gasteiger partial charge in [0.1, 0.15) is 5.57 Å². The molecule has 5 rings (SSSR count). The molecule has 0 spiro atoms. The van der Waals surface area contributed by atoms with Gasteiger partial charge in [-0.25, -0.2) is 9.69 Å². The maximum Gasteiger partial charge on any atom is 0.335 e. The molecule has 186 valence electrons. The van der Waals surface area contributed by atoms with Crippen molar-refractivity contribution >= 4 is 40.5 Å². The summed E-state index contributed by atoms with van der Waals surface area (Å²) >= 11 is 0. The van der Waals surface area contributed by atoms with Crippen molar-refractivity contribution in [2.45, 2.75) is 39.7 Å². The minimum absolute atomic E-state index is 0.0793. The Balaban J connectivity index is 1.53. The monoisotopic (exact) mass is 491 g/mol. The van der Waals surface area contributed by atoms with E-state index in [-0.39, 0.29) is 5.57 Å². The summed E-state index contributed by atoms with van der Waals surface area (Å²) in [7, 11) is 0. The lowest BCUT2D eigenvalue weighted by Gasteiger charge is -2.26. The Bertz CT molecular complexity index is 1550. The Hall–Kier alpha value is -4.45. The molecular weight excluding hydrogens is 462 g/mol. The van der Waals surface area contributed by atoms with Gasteiger partial charge in [-0.3, -0.25) is 14.9 Å². The molecule has 4 amide bonds. The molecule has 6 heteroatoms. The molecule has 1 fully saturated rings. The first-order chi connectivity index (χ1) is 17.9. The van der Waals surface area contributed by atoms with Crippen molar-refractivity contribution in [1.29, 1.82) is 0 Å². The lowest BCUT2D eigenvalue weighted by Crippen LogP contribution is -2.54. The summed E-state index contributed by atoms with van der Waals surface area (Å²) in [4.78, 5) is 40.0. The number of imide groups is 2. The second-order valence-electron chi connectivity index (χ2n) is 9.51. The van der Waals surface area contributed by atoms with Gasteiger partial charge in [-0.1, -0.05) is 68.4 Å². The van der Waals surface area contributed by atoms with Gasteiger partial charge in [0.05, 0.1) is 5.69 Å². The molecule has 0 saturated carbocycles. The number of fused-ring (bicyclic) bond motifs is 1. The number of nitrogens with zero attached hydrogens (tertiary/aromatic N) is 2. The van der Waals surface area contributed by atoms with Crippen molar-refractivity contribution in [3.63, 3.8) is 0 Å². The van der Waals surface area contributed by atoms with Crippen LogP contribution in [0.5, 0.6) is 0 Å². The average molecular weight is 492 g/mol. The number of urea groups is 1. The van der Waals surface area contributed by atoms with Gasteiger partial charge in [-0.15, -0.1) is 0 Å². The summed E-state index contributed by atoms with van der Waals surface area (Å²) in [5, 5.41) is 3.25. The molecule has 1 N–H and O–H groups in total. The highest BCUT2D eigenvalue weighted by Gasteiger charge is 2.37. The number of barbiturate groups is 1.